The van der Waals surface area contributed by atoms with Gasteiger partial charge in [-0.2, -0.15) is 0 Å². The topological polar surface area (TPSA) is 49.5 Å². The Morgan fingerprint density at radius 2 is 2.14 bits per heavy atom. The normalized spacial score (nSPS) is 12.6. The van der Waals surface area contributed by atoms with E-state index in [0.29, 0.717) is 0 Å². The lowest BCUT2D eigenvalue weighted by atomic mass is 10.1. The van der Waals surface area contributed by atoms with Crippen molar-refractivity contribution in [1.82, 2.24) is 0 Å². The van der Waals surface area contributed by atoms with Crippen molar-refractivity contribution in [1.29, 1.82) is 0 Å². The van der Waals surface area contributed by atoms with Gasteiger partial charge in [0.25, 0.3) is 0 Å². The molecule has 0 radical (unpaired) electrons. The average Bonchev–Trinajstić information content (AvgIpc) is 2.16. The molecule has 0 aliphatic carbocycles. The fourth-order valence-corrected chi connectivity index (χ4v) is 1.51. The summed E-state index contributed by atoms with van der Waals surface area (Å²) in [7, 11) is 1.94. The van der Waals surface area contributed by atoms with E-state index in [0.717, 1.165) is 16.9 Å². The quantitative estimate of drug-likeness (QED) is 0.715. The summed E-state index contributed by atoms with van der Waals surface area (Å²) in [5.41, 5.74) is 8.79. The summed E-state index contributed by atoms with van der Waals surface area (Å²) in [6.07, 6.45) is 0. The van der Waals surface area contributed by atoms with Crippen LogP contribution >= 0.6 is 0 Å². The minimum atomic E-state index is 0.0819. The number of aliphatic hydroxyl groups excluding tert-OH is 1. The molecule has 0 bridgehead atoms. The van der Waals surface area contributed by atoms with Gasteiger partial charge in [0.1, 0.15) is 0 Å². The molecule has 0 amide bonds. The highest BCUT2D eigenvalue weighted by Crippen LogP contribution is 2.27. The number of hydrogen-bond acceptors (Lipinski definition) is 3. The average molecular weight is 194 g/mol. The van der Waals surface area contributed by atoms with Crippen molar-refractivity contribution in [3.05, 3.63) is 23.8 Å². The van der Waals surface area contributed by atoms with Crippen LogP contribution in [0.5, 0.6) is 0 Å². The standard InChI is InChI=1S/C11H18N2O/c1-8-5-4-6-10(12)11(8)13(3)9(2)7-14/h4-6,9,14H,7,12H2,1-3H3. The molecule has 0 aliphatic heterocycles. The number of aliphatic hydroxyl groups is 1. The summed E-state index contributed by atoms with van der Waals surface area (Å²) < 4.78 is 0. The number of rotatable bonds is 3. The van der Waals surface area contributed by atoms with Crippen LogP contribution < -0.4 is 10.6 Å². The van der Waals surface area contributed by atoms with Crippen molar-refractivity contribution in [2.24, 2.45) is 0 Å². The molecule has 1 unspecified atom stereocenters. The molecule has 14 heavy (non-hydrogen) atoms. The van der Waals surface area contributed by atoms with E-state index in [4.69, 9.17) is 10.8 Å². The molecule has 1 atom stereocenters. The largest absolute Gasteiger partial charge is 0.397 e. The maximum absolute atomic E-state index is 9.07. The first-order chi connectivity index (χ1) is 6.57. The second-order valence-electron chi connectivity index (χ2n) is 3.66. The van der Waals surface area contributed by atoms with Crippen molar-refractivity contribution >= 4 is 11.4 Å². The molecule has 0 spiro atoms. The highest BCUT2D eigenvalue weighted by Gasteiger charge is 2.13. The van der Waals surface area contributed by atoms with Crippen LogP contribution in [0.1, 0.15) is 12.5 Å². The fraction of sp³-hybridized carbons (Fsp3) is 0.455. The molecule has 0 aromatic heterocycles. The number of para-hydroxylation sites is 1. The van der Waals surface area contributed by atoms with Crippen LogP contribution in [0.4, 0.5) is 11.4 Å². The third-order valence-electron chi connectivity index (χ3n) is 2.55. The van der Waals surface area contributed by atoms with E-state index >= 15 is 0 Å². The molecule has 1 rings (SSSR count). The Hall–Kier alpha value is -1.22. The second-order valence-corrected chi connectivity index (χ2v) is 3.66. The molecule has 78 valence electrons. The number of nitrogen functional groups attached to an aromatic ring is 1. The van der Waals surface area contributed by atoms with Gasteiger partial charge in [0.15, 0.2) is 0 Å². The maximum atomic E-state index is 9.07. The van der Waals surface area contributed by atoms with E-state index in [1.807, 2.05) is 44.0 Å². The van der Waals surface area contributed by atoms with Gasteiger partial charge in [0, 0.05) is 13.1 Å². The Kier molecular flexibility index (Phi) is 3.36. The van der Waals surface area contributed by atoms with Crippen molar-refractivity contribution in [2.75, 3.05) is 24.3 Å². The van der Waals surface area contributed by atoms with E-state index in [9.17, 15) is 0 Å². The van der Waals surface area contributed by atoms with Crippen LogP contribution in [-0.4, -0.2) is 24.8 Å². The van der Waals surface area contributed by atoms with Crippen LogP contribution in [0.2, 0.25) is 0 Å². The van der Waals surface area contributed by atoms with E-state index < -0.39 is 0 Å². The third kappa shape index (κ3) is 1.99. The summed E-state index contributed by atoms with van der Waals surface area (Å²) in [5, 5.41) is 9.07. The SMILES string of the molecule is Cc1cccc(N)c1N(C)C(C)CO. The van der Waals surface area contributed by atoms with Crippen LogP contribution in [0.15, 0.2) is 18.2 Å². The minimum Gasteiger partial charge on any atom is -0.397 e. The van der Waals surface area contributed by atoms with Crippen LogP contribution in [0.25, 0.3) is 0 Å². The Morgan fingerprint density at radius 3 is 2.64 bits per heavy atom. The number of hydrogen-bond donors (Lipinski definition) is 2. The van der Waals surface area contributed by atoms with Gasteiger partial charge in [0.2, 0.25) is 0 Å². The zero-order valence-electron chi connectivity index (χ0n) is 8.99. The summed E-state index contributed by atoms with van der Waals surface area (Å²) in [6, 6.07) is 5.92. The van der Waals surface area contributed by atoms with Crippen molar-refractivity contribution in [2.45, 2.75) is 19.9 Å². The monoisotopic (exact) mass is 194 g/mol. The van der Waals surface area contributed by atoms with E-state index in [2.05, 4.69) is 0 Å². The summed E-state index contributed by atoms with van der Waals surface area (Å²) in [5.74, 6) is 0. The second kappa shape index (κ2) is 4.33. The highest BCUT2D eigenvalue weighted by molar-refractivity contribution is 5.71. The molecule has 0 saturated heterocycles. The Morgan fingerprint density at radius 1 is 1.50 bits per heavy atom. The number of aryl methyl sites for hydroxylation is 1. The van der Waals surface area contributed by atoms with E-state index in [-0.39, 0.29) is 12.6 Å². The lowest BCUT2D eigenvalue weighted by Gasteiger charge is -2.28. The van der Waals surface area contributed by atoms with E-state index in [1.165, 1.54) is 0 Å². The third-order valence-corrected chi connectivity index (χ3v) is 2.55. The Bertz CT molecular complexity index is 292. The lowest BCUT2D eigenvalue weighted by molar-refractivity contribution is 0.270. The van der Waals surface area contributed by atoms with Gasteiger partial charge < -0.3 is 15.7 Å². The molecule has 0 fully saturated rings. The summed E-state index contributed by atoms with van der Waals surface area (Å²) in [6.45, 7) is 4.11. The van der Waals surface area contributed by atoms with Gasteiger partial charge in [-0.3, -0.25) is 0 Å². The molecular weight excluding hydrogens is 176 g/mol. The lowest BCUT2D eigenvalue weighted by Crippen LogP contribution is -2.32. The number of likely N-dealkylation sites (N-methyl/N-ethyl adjacent to an activating group) is 1. The minimum absolute atomic E-state index is 0.0819. The fourth-order valence-electron chi connectivity index (χ4n) is 1.51. The van der Waals surface area contributed by atoms with Gasteiger partial charge in [-0.1, -0.05) is 12.1 Å². The molecule has 3 nitrogen and oxygen atoms in total. The van der Waals surface area contributed by atoms with Gasteiger partial charge in [0.05, 0.1) is 18.0 Å². The first kappa shape index (κ1) is 10.9. The molecule has 1 aromatic carbocycles. The molecule has 0 saturated carbocycles. The highest BCUT2D eigenvalue weighted by atomic mass is 16.3. The Labute approximate surface area is 85.2 Å². The number of anilines is 2. The number of nitrogens with two attached hydrogens (primary N) is 1. The summed E-state index contributed by atoms with van der Waals surface area (Å²) >= 11 is 0. The first-order valence-corrected chi connectivity index (χ1v) is 4.76. The van der Waals surface area contributed by atoms with Crippen LogP contribution in [-0.2, 0) is 0 Å². The summed E-state index contributed by atoms with van der Waals surface area (Å²) in [4.78, 5) is 2.00. The molecule has 0 aliphatic rings. The van der Waals surface area contributed by atoms with Crippen LogP contribution in [0.3, 0.4) is 0 Å². The zero-order valence-corrected chi connectivity index (χ0v) is 8.99. The zero-order chi connectivity index (χ0) is 10.7. The van der Waals surface area contributed by atoms with Crippen molar-refractivity contribution in [3.63, 3.8) is 0 Å². The van der Waals surface area contributed by atoms with Gasteiger partial charge in [-0.15, -0.1) is 0 Å². The van der Waals surface area contributed by atoms with Gasteiger partial charge in [-0.05, 0) is 25.5 Å². The molecule has 1 aromatic rings. The number of benzene rings is 1. The first-order valence-electron chi connectivity index (χ1n) is 4.76. The number of nitrogens with zero attached hydrogens (tertiary/aromatic N) is 1. The molecule has 3 N–H and O–H groups in total. The van der Waals surface area contributed by atoms with Crippen LogP contribution in [0, 0.1) is 6.92 Å². The van der Waals surface area contributed by atoms with E-state index in [1.54, 1.807) is 0 Å². The Balaban J connectivity index is 3.05. The van der Waals surface area contributed by atoms with Gasteiger partial charge >= 0.3 is 0 Å². The molecule has 0 heterocycles. The molecular formula is C11H18N2O. The maximum Gasteiger partial charge on any atom is 0.0632 e. The van der Waals surface area contributed by atoms with Gasteiger partial charge in [-0.25, -0.2) is 0 Å². The predicted octanol–water partition coefficient (Wildman–Crippen LogP) is 1.39. The predicted molar refractivity (Wildman–Crippen MR) is 60.5 cm³/mol. The molecule has 3 heteroatoms. The van der Waals surface area contributed by atoms with Crippen molar-refractivity contribution < 1.29 is 5.11 Å². The van der Waals surface area contributed by atoms with Crippen molar-refractivity contribution in [3.8, 4) is 0 Å². The smallest absolute Gasteiger partial charge is 0.0632 e.